The molecule has 1 aromatic carbocycles. The minimum Gasteiger partial charge on any atom is -0.352 e. The number of para-hydroxylation sites is 1. The van der Waals surface area contributed by atoms with Crippen molar-refractivity contribution in [3.05, 3.63) is 30.0 Å². The van der Waals surface area contributed by atoms with Crippen molar-refractivity contribution in [1.82, 2.24) is 25.3 Å². The summed E-state index contributed by atoms with van der Waals surface area (Å²) in [5.74, 6) is 0.0488. The van der Waals surface area contributed by atoms with Crippen LogP contribution in [-0.4, -0.2) is 70.1 Å². The Morgan fingerprint density at radius 1 is 1.20 bits per heavy atom. The molecule has 1 atom stereocenters. The van der Waals surface area contributed by atoms with Crippen molar-refractivity contribution in [2.75, 3.05) is 26.2 Å². The molecular weight excluding hydrogens is 318 g/mol. The van der Waals surface area contributed by atoms with Gasteiger partial charge in [0, 0.05) is 37.6 Å². The fourth-order valence-corrected chi connectivity index (χ4v) is 3.30. The number of aromatic amines is 1. The molecule has 0 radical (unpaired) electrons. The van der Waals surface area contributed by atoms with Crippen molar-refractivity contribution in [1.29, 1.82) is 0 Å². The maximum absolute atomic E-state index is 12.8. The van der Waals surface area contributed by atoms with E-state index >= 15 is 0 Å². The largest absolute Gasteiger partial charge is 0.352 e. The van der Waals surface area contributed by atoms with E-state index in [1.807, 2.05) is 36.1 Å². The van der Waals surface area contributed by atoms with Crippen LogP contribution >= 0.6 is 0 Å². The molecule has 7 nitrogen and oxygen atoms in total. The number of aromatic nitrogens is 2. The summed E-state index contributed by atoms with van der Waals surface area (Å²) in [6.45, 7) is 4.57. The van der Waals surface area contributed by atoms with Crippen LogP contribution in [0.4, 0.5) is 0 Å². The molecule has 1 saturated carbocycles. The quantitative estimate of drug-likeness (QED) is 0.869. The van der Waals surface area contributed by atoms with Gasteiger partial charge in [0.25, 0.3) is 5.91 Å². The highest BCUT2D eigenvalue weighted by Crippen LogP contribution is 2.20. The smallest absolute Gasteiger partial charge is 0.275 e. The Bertz CT molecular complexity index is 790. The number of H-pyrrole nitrogens is 1. The highest BCUT2D eigenvalue weighted by Gasteiger charge is 2.31. The van der Waals surface area contributed by atoms with Crippen molar-refractivity contribution in [3.63, 3.8) is 0 Å². The molecule has 4 rings (SSSR count). The van der Waals surface area contributed by atoms with Gasteiger partial charge in [-0.3, -0.25) is 19.6 Å². The zero-order chi connectivity index (χ0) is 17.4. The zero-order valence-corrected chi connectivity index (χ0v) is 14.4. The summed E-state index contributed by atoms with van der Waals surface area (Å²) in [4.78, 5) is 28.9. The van der Waals surface area contributed by atoms with Gasteiger partial charge >= 0.3 is 0 Å². The first kappa shape index (κ1) is 16.1. The van der Waals surface area contributed by atoms with E-state index in [0.29, 0.717) is 37.9 Å². The Labute approximate surface area is 146 Å². The number of amides is 2. The molecule has 2 aromatic rings. The van der Waals surface area contributed by atoms with Crippen LogP contribution in [0, 0.1) is 0 Å². The van der Waals surface area contributed by atoms with Crippen LogP contribution in [0.25, 0.3) is 10.9 Å². The first-order valence-corrected chi connectivity index (χ1v) is 8.90. The summed E-state index contributed by atoms with van der Waals surface area (Å²) in [5, 5.41) is 11.0. The van der Waals surface area contributed by atoms with Crippen LogP contribution in [0.5, 0.6) is 0 Å². The third-order valence-electron chi connectivity index (χ3n) is 5.13. The van der Waals surface area contributed by atoms with Gasteiger partial charge in [0.1, 0.15) is 0 Å². The summed E-state index contributed by atoms with van der Waals surface area (Å²) in [7, 11) is 0. The predicted octanol–water partition coefficient (Wildman–Crippen LogP) is 0.988. The number of carbonyl (C=O) groups excluding carboxylic acids is 2. The van der Waals surface area contributed by atoms with Gasteiger partial charge in [-0.2, -0.15) is 5.10 Å². The molecule has 0 bridgehead atoms. The van der Waals surface area contributed by atoms with Gasteiger partial charge in [-0.05, 0) is 25.8 Å². The van der Waals surface area contributed by atoms with Crippen LogP contribution in [0.15, 0.2) is 24.3 Å². The molecule has 1 saturated heterocycles. The summed E-state index contributed by atoms with van der Waals surface area (Å²) in [6, 6.07) is 7.88. The average molecular weight is 341 g/mol. The maximum Gasteiger partial charge on any atom is 0.275 e. The number of hydrogen-bond donors (Lipinski definition) is 2. The molecule has 25 heavy (non-hydrogen) atoms. The third kappa shape index (κ3) is 3.24. The third-order valence-corrected chi connectivity index (χ3v) is 5.13. The molecule has 2 fully saturated rings. The lowest BCUT2D eigenvalue weighted by Crippen LogP contribution is -2.55. The van der Waals surface area contributed by atoms with E-state index in [1.54, 1.807) is 0 Å². The van der Waals surface area contributed by atoms with E-state index in [9.17, 15) is 9.59 Å². The Balaban J connectivity index is 1.38. The van der Waals surface area contributed by atoms with Gasteiger partial charge in [-0.25, -0.2) is 0 Å². The number of rotatable bonds is 4. The van der Waals surface area contributed by atoms with E-state index in [1.165, 1.54) is 0 Å². The number of carbonyl (C=O) groups is 2. The van der Waals surface area contributed by atoms with Gasteiger partial charge in [0.2, 0.25) is 5.91 Å². The van der Waals surface area contributed by atoms with Gasteiger partial charge in [0.15, 0.2) is 5.69 Å². The number of fused-ring (bicyclic) bond motifs is 1. The van der Waals surface area contributed by atoms with E-state index in [0.717, 1.165) is 23.7 Å². The monoisotopic (exact) mass is 341 g/mol. The van der Waals surface area contributed by atoms with Crippen LogP contribution in [0.3, 0.4) is 0 Å². The number of benzene rings is 1. The van der Waals surface area contributed by atoms with Gasteiger partial charge in [-0.1, -0.05) is 18.2 Å². The summed E-state index contributed by atoms with van der Waals surface area (Å²) in [5.41, 5.74) is 1.35. The molecule has 2 amide bonds. The number of nitrogens with one attached hydrogen (secondary N) is 2. The van der Waals surface area contributed by atoms with Crippen molar-refractivity contribution < 1.29 is 9.59 Å². The van der Waals surface area contributed by atoms with Crippen LogP contribution in [-0.2, 0) is 4.79 Å². The second-order valence-electron chi connectivity index (χ2n) is 6.90. The molecule has 0 unspecified atom stereocenters. The summed E-state index contributed by atoms with van der Waals surface area (Å²) >= 11 is 0. The molecule has 132 valence electrons. The second kappa shape index (κ2) is 6.48. The number of hydrogen-bond acceptors (Lipinski definition) is 4. The Morgan fingerprint density at radius 2 is 1.92 bits per heavy atom. The molecular formula is C18H23N5O2. The van der Waals surface area contributed by atoms with Gasteiger partial charge in [0.05, 0.1) is 11.6 Å². The minimum atomic E-state index is -0.149. The average Bonchev–Trinajstić information content (AvgIpc) is 3.36. The standard InChI is InChI=1S/C18H23N5O2/c1-12(17(24)19-13-6-7-13)22-8-10-23(11-9-22)18(25)16-14-4-2-3-5-15(14)20-21-16/h2-5,12-13H,6-11H2,1H3,(H,19,24)(H,20,21)/t12-/m0/s1. The first-order chi connectivity index (χ1) is 12.1. The summed E-state index contributed by atoms with van der Waals surface area (Å²) in [6.07, 6.45) is 2.19. The highest BCUT2D eigenvalue weighted by molar-refractivity contribution is 6.04. The molecule has 2 aliphatic rings. The van der Waals surface area contributed by atoms with E-state index in [-0.39, 0.29) is 17.9 Å². The Hall–Kier alpha value is -2.41. The summed E-state index contributed by atoms with van der Waals surface area (Å²) < 4.78 is 0. The highest BCUT2D eigenvalue weighted by atomic mass is 16.2. The molecule has 1 aliphatic carbocycles. The number of nitrogens with zero attached hydrogens (tertiary/aromatic N) is 3. The topological polar surface area (TPSA) is 81.3 Å². The minimum absolute atomic E-state index is 0.0489. The second-order valence-corrected chi connectivity index (χ2v) is 6.90. The van der Waals surface area contributed by atoms with Gasteiger partial charge < -0.3 is 10.2 Å². The predicted molar refractivity (Wildman–Crippen MR) is 94.2 cm³/mol. The zero-order valence-electron chi connectivity index (χ0n) is 14.4. The molecule has 1 aliphatic heterocycles. The first-order valence-electron chi connectivity index (χ1n) is 8.90. The van der Waals surface area contributed by atoms with Gasteiger partial charge in [-0.15, -0.1) is 0 Å². The van der Waals surface area contributed by atoms with E-state index in [2.05, 4.69) is 20.4 Å². The van der Waals surface area contributed by atoms with Crippen LogP contribution < -0.4 is 5.32 Å². The lowest BCUT2D eigenvalue weighted by atomic mass is 10.1. The Kier molecular flexibility index (Phi) is 4.17. The molecule has 7 heteroatoms. The van der Waals surface area contributed by atoms with Crippen LogP contribution in [0.1, 0.15) is 30.3 Å². The molecule has 1 aromatic heterocycles. The normalized spacial score (nSPS) is 19.8. The molecule has 0 spiro atoms. The molecule has 2 heterocycles. The van der Waals surface area contributed by atoms with Crippen LogP contribution in [0.2, 0.25) is 0 Å². The fraction of sp³-hybridized carbons (Fsp3) is 0.500. The van der Waals surface area contributed by atoms with Crippen molar-refractivity contribution >= 4 is 22.7 Å². The number of piperazine rings is 1. The van der Waals surface area contributed by atoms with Crippen molar-refractivity contribution in [3.8, 4) is 0 Å². The fourth-order valence-electron chi connectivity index (χ4n) is 3.30. The Morgan fingerprint density at radius 3 is 2.64 bits per heavy atom. The van der Waals surface area contributed by atoms with Crippen molar-refractivity contribution in [2.45, 2.75) is 31.8 Å². The lowest BCUT2D eigenvalue weighted by molar-refractivity contribution is -0.126. The SMILES string of the molecule is C[C@@H](C(=O)NC1CC1)N1CCN(C(=O)c2n[nH]c3ccccc23)CC1. The molecule has 2 N–H and O–H groups in total. The van der Waals surface area contributed by atoms with E-state index in [4.69, 9.17) is 0 Å². The van der Waals surface area contributed by atoms with E-state index < -0.39 is 0 Å². The maximum atomic E-state index is 12.8. The lowest BCUT2D eigenvalue weighted by Gasteiger charge is -2.37. The van der Waals surface area contributed by atoms with Crippen molar-refractivity contribution in [2.24, 2.45) is 0 Å².